The highest BCUT2D eigenvalue weighted by Crippen LogP contribution is 2.45. The molecule has 2 rings (SSSR count). The molecule has 1 saturated heterocycles. The zero-order valence-corrected chi connectivity index (χ0v) is 13.2. The van der Waals surface area contributed by atoms with Crippen LogP contribution in [0.25, 0.3) is 0 Å². The number of rotatable bonds is 5. The molecule has 2 N–H and O–H groups in total. The average Bonchev–Trinajstić information content (AvgIpc) is 3.06. The number of thioether (sulfide) groups is 1. The van der Waals surface area contributed by atoms with Gasteiger partial charge in [0.05, 0.1) is 5.37 Å². The van der Waals surface area contributed by atoms with Gasteiger partial charge in [0.15, 0.2) is 0 Å². The molecule has 2 atom stereocenters. The summed E-state index contributed by atoms with van der Waals surface area (Å²) in [4.78, 5) is 25.5. The molecule has 2 amide bonds. The molecule has 2 aliphatic rings. The lowest BCUT2D eigenvalue weighted by molar-refractivity contribution is -0.141. The molecule has 114 valence electrons. The first-order valence-corrected chi connectivity index (χ1v) is 8.35. The number of amides is 2. The van der Waals surface area contributed by atoms with Gasteiger partial charge in [0.25, 0.3) is 0 Å². The van der Waals surface area contributed by atoms with Crippen LogP contribution in [0.4, 0.5) is 4.79 Å². The van der Waals surface area contributed by atoms with Crippen LogP contribution >= 0.6 is 11.8 Å². The van der Waals surface area contributed by atoms with Crippen molar-refractivity contribution >= 4 is 23.8 Å². The smallest absolute Gasteiger partial charge is 0.327 e. The molecule has 1 heterocycles. The molecule has 2 unspecified atom stereocenters. The first-order chi connectivity index (χ1) is 9.35. The Balaban J connectivity index is 2.08. The van der Waals surface area contributed by atoms with Gasteiger partial charge in [0, 0.05) is 11.3 Å². The van der Waals surface area contributed by atoms with E-state index in [1.165, 1.54) is 0 Å². The fraction of sp³-hybridized carbons (Fsp3) is 0.857. The minimum Gasteiger partial charge on any atom is -0.480 e. The maximum atomic E-state index is 12.5. The maximum absolute atomic E-state index is 12.5. The zero-order valence-electron chi connectivity index (χ0n) is 12.4. The number of urea groups is 1. The van der Waals surface area contributed by atoms with Crippen LogP contribution < -0.4 is 5.32 Å². The lowest BCUT2D eigenvalue weighted by Gasteiger charge is -2.33. The van der Waals surface area contributed by atoms with E-state index in [1.807, 2.05) is 13.8 Å². The van der Waals surface area contributed by atoms with Crippen molar-refractivity contribution in [1.82, 2.24) is 10.2 Å². The summed E-state index contributed by atoms with van der Waals surface area (Å²) in [5, 5.41) is 12.4. The lowest BCUT2D eigenvalue weighted by atomic mass is 9.99. The second-order valence-electron chi connectivity index (χ2n) is 6.39. The van der Waals surface area contributed by atoms with Gasteiger partial charge in [0.1, 0.15) is 6.04 Å². The Morgan fingerprint density at radius 1 is 1.40 bits per heavy atom. The zero-order chi connectivity index (χ0) is 14.9. The normalized spacial score (nSPS) is 26.6. The number of carboxylic acid groups (broad SMARTS) is 1. The first kappa shape index (κ1) is 15.5. The second-order valence-corrected chi connectivity index (χ2v) is 7.54. The van der Waals surface area contributed by atoms with Crippen LogP contribution in [0.5, 0.6) is 0 Å². The molecule has 1 saturated carbocycles. The monoisotopic (exact) mass is 300 g/mol. The minimum absolute atomic E-state index is 0.0357. The fourth-order valence-corrected chi connectivity index (χ4v) is 4.39. The number of nitrogens with zero attached hydrogens (tertiary/aromatic N) is 1. The molecule has 20 heavy (non-hydrogen) atoms. The predicted molar refractivity (Wildman–Crippen MR) is 79.8 cm³/mol. The van der Waals surface area contributed by atoms with E-state index in [0.29, 0.717) is 11.7 Å². The standard InChI is InChI=1S/C14H24N2O3S/c1-4-7-14(2,3)15-13(19)16-10(12(17)18)8-20-11(16)9-5-6-9/h9-11H,4-8H2,1-3H3,(H,15,19)(H,17,18). The van der Waals surface area contributed by atoms with E-state index >= 15 is 0 Å². The number of carbonyl (C=O) groups excluding carboxylic acids is 1. The molecule has 1 aliphatic heterocycles. The number of carbonyl (C=O) groups is 2. The number of carboxylic acids is 1. The third kappa shape index (κ3) is 3.40. The van der Waals surface area contributed by atoms with E-state index in [2.05, 4.69) is 12.2 Å². The molecule has 5 nitrogen and oxygen atoms in total. The van der Waals surface area contributed by atoms with Crippen molar-refractivity contribution in [1.29, 1.82) is 0 Å². The van der Waals surface area contributed by atoms with Crippen LogP contribution in [-0.2, 0) is 4.79 Å². The summed E-state index contributed by atoms with van der Waals surface area (Å²) in [6.45, 7) is 6.05. The van der Waals surface area contributed by atoms with Gasteiger partial charge in [-0.1, -0.05) is 13.3 Å². The number of hydrogen-bond acceptors (Lipinski definition) is 3. The molecule has 0 aromatic rings. The van der Waals surface area contributed by atoms with Gasteiger partial charge < -0.3 is 10.4 Å². The van der Waals surface area contributed by atoms with Gasteiger partial charge in [-0.2, -0.15) is 0 Å². The van der Waals surface area contributed by atoms with Gasteiger partial charge in [-0.15, -0.1) is 11.8 Å². The predicted octanol–water partition coefficient (Wildman–Crippen LogP) is 2.51. The van der Waals surface area contributed by atoms with Crippen molar-refractivity contribution in [3.8, 4) is 0 Å². The topological polar surface area (TPSA) is 69.6 Å². The van der Waals surface area contributed by atoms with Crippen LogP contribution in [0, 0.1) is 5.92 Å². The molecule has 0 spiro atoms. The molecule has 0 bridgehead atoms. The molecular weight excluding hydrogens is 276 g/mol. The van der Waals surface area contributed by atoms with Crippen molar-refractivity contribution in [2.75, 3.05) is 5.75 Å². The Morgan fingerprint density at radius 2 is 2.05 bits per heavy atom. The van der Waals surface area contributed by atoms with E-state index < -0.39 is 12.0 Å². The Kier molecular flexibility index (Phi) is 4.52. The van der Waals surface area contributed by atoms with Gasteiger partial charge in [-0.05, 0) is 39.0 Å². The van der Waals surface area contributed by atoms with Crippen LogP contribution in [0.15, 0.2) is 0 Å². The third-order valence-corrected chi connectivity index (χ3v) is 5.36. The molecule has 6 heteroatoms. The fourth-order valence-electron chi connectivity index (χ4n) is 2.76. The summed E-state index contributed by atoms with van der Waals surface area (Å²) in [5.74, 6) is 0.0754. The van der Waals surface area contributed by atoms with E-state index in [0.717, 1.165) is 25.7 Å². The van der Waals surface area contributed by atoms with Crippen molar-refractivity contribution in [3.63, 3.8) is 0 Å². The largest absolute Gasteiger partial charge is 0.480 e. The quantitative estimate of drug-likeness (QED) is 0.818. The van der Waals surface area contributed by atoms with Crippen molar-refractivity contribution < 1.29 is 14.7 Å². The van der Waals surface area contributed by atoms with E-state index in [4.69, 9.17) is 0 Å². The summed E-state index contributed by atoms with van der Waals surface area (Å²) in [6, 6.07) is -0.916. The van der Waals surface area contributed by atoms with Crippen molar-refractivity contribution in [2.24, 2.45) is 5.92 Å². The molecule has 0 aromatic carbocycles. The Labute approximate surface area is 124 Å². The summed E-state index contributed by atoms with van der Waals surface area (Å²) < 4.78 is 0. The first-order valence-electron chi connectivity index (χ1n) is 7.30. The molecular formula is C14H24N2O3S. The summed E-state index contributed by atoms with van der Waals surface area (Å²) in [6.07, 6.45) is 4.07. The van der Waals surface area contributed by atoms with Crippen LogP contribution in [0.1, 0.15) is 46.5 Å². The second kappa shape index (κ2) is 5.84. The summed E-state index contributed by atoms with van der Waals surface area (Å²) >= 11 is 1.61. The molecule has 0 radical (unpaired) electrons. The Bertz CT molecular complexity index is 396. The van der Waals surface area contributed by atoms with E-state index in [1.54, 1.807) is 16.7 Å². The lowest BCUT2D eigenvalue weighted by Crippen LogP contribution is -2.55. The van der Waals surface area contributed by atoms with Gasteiger partial charge in [-0.3, -0.25) is 4.90 Å². The van der Waals surface area contributed by atoms with Crippen LogP contribution in [0.3, 0.4) is 0 Å². The SMILES string of the molecule is CCCC(C)(C)NC(=O)N1C(C(=O)O)CSC1C1CC1. The summed E-state index contributed by atoms with van der Waals surface area (Å²) in [7, 11) is 0. The number of nitrogens with one attached hydrogen (secondary N) is 1. The van der Waals surface area contributed by atoms with Crippen molar-refractivity contribution in [2.45, 2.75) is 63.4 Å². The van der Waals surface area contributed by atoms with Gasteiger partial charge in [0.2, 0.25) is 0 Å². The van der Waals surface area contributed by atoms with Gasteiger partial charge >= 0.3 is 12.0 Å². The highest BCUT2D eigenvalue weighted by molar-refractivity contribution is 8.00. The minimum atomic E-state index is -0.899. The Hall–Kier alpha value is -0.910. The Morgan fingerprint density at radius 3 is 2.55 bits per heavy atom. The molecule has 2 fully saturated rings. The average molecular weight is 300 g/mol. The van der Waals surface area contributed by atoms with Crippen LogP contribution in [-0.4, -0.2) is 44.7 Å². The van der Waals surface area contributed by atoms with E-state index in [-0.39, 0.29) is 16.9 Å². The van der Waals surface area contributed by atoms with Crippen LogP contribution in [0.2, 0.25) is 0 Å². The third-order valence-electron chi connectivity index (χ3n) is 3.90. The molecule has 0 aromatic heterocycles. The van der Waals surface area contributed by atoms with Crippen molar-refractivity contribution in [3.05, 3.63) is 0 Å². The van der Waals surface area contributed by atoms with E-state index in [9.17, 15) is 14.7 Å². The summed E-state index contributed by atoms with van der Waals surface area (Å²) in [5.41, 5.74) is -0.295. The highest BCUT2D eigenvalue weighted by Gasteiger charge is 2.48. The molecule has 1 aliphatic carbocycles. The number of hydrogen-bond donors (Lipinski definition) is 2. The maximum Gasteiger partial charge on any atom is 0.327 e. The number of aliphatic carboxylic acids is 1. The highest BCUT2D eigenvalue weighted by atomic mass is 32.2. The van der Waals surface area contributed by atoms with Gasteiger partial charge in [-0.25, -0.2) is 9.59 Å².